The molecule has 31 heavy (non-hydrogen) atoms. The highest BCUT2D eigenvalue weighted by Crippen LogP contribution is 2.30. The fourth-order valence-electron chi connectivity index (χ4n) is 3.54. The molecule has 5 rings (SSSR count). The third-order valence-corrected chi connectivity index (χ3v) is 5.53. The maximum atomic E-state index is 13.4. The van der Waals surface area contributed by atoms with Crippen molar-refractivity contribution < 1.29 is 8.81 Å². The summed E-state index contributed by atoms with van der Waals surface area (Å²) in [5.74, 6) is 1.38. The van der Waals surface area contributed by atoms with Crippen molar-refractivity contribution in [3.05, 3.63) is 107 Å². The molecule has 0 aliphatic carbocycles. The summed E-state index contributed by atoms with van der Waals surface area (Å²) in [5.41, 5.74) is 1.92. The van der Waals surface area contributed by atoms with Crippen molar-refractivity contribution in [1.29, 1.82) is 0 Å². The summed E-state index contributed by atoms with van der Waals surface area (Å²) in [4.78, 5) is 24.5. The van der Waals surface area contributed by atoms with E-state index in [-0.39, 0.29) is 11.4 Å². The van der Waals surface area contributed by atoms with Gasteiger partial charge >= 0.3 is 0 Å². The van der Waals surface area contributed by atoms with Crippen molar-refractivity contribution in [2.24, 2.45) is 0 Å². The van der Waals surface area contributed by atoms with E-state index >= 15 is 0 Å². The van der Waals surface area contributed by atoms with E-state index in [9.17, 15) is 9.18 Å². The first kappa shape index (κ1) is 19.3. The SMILES string of the molecule is O=c1[nH]c(C(S)c2ncc(-c3ccc(F)cc3)n2Cc2ccco2)nc2ccccc12. The molecular weight excluding hydrogens is 415 g/mol. The predicted molar refractivity (Wildman–Crippen MR) is 119 cm³/mol. The van der Waals surface area contributed by atoms with Gasteiger partial charge in [-0.2, -0.15) is 12.6 Å². The van der Waals surface area contributed by atoms with Gasteiger partial charge in [0, 0.05) is 0 Å². The smallest absolute Gasteiger partial charge is 0.258 e. The second-order valence-electron chi connectivity index (χ2n) is 7.04. The molecule has 3 heterocycles. The van der Waals surface area contributed by atoms with Crippen LogP contribution in [0.4, 0.5) is 4.39 Å². The van der Waals surface area contributed by atoms with Gasteiger partial charge in [0.15, 0.2) is 0 Å². The lowest BCUT2D eigenvalue weighted by Gasteiger charge is -2.15. The second-order valence-corrected chi connectivity index (χ2v) is 7.56. The Labute approximate surface area is 181 Å². The molecule has 1 atom stereocenters. The molecule has 0 aliphatic rings. The molecule has 8 heteroatoms. The first-order valence-electron chi connectivity index (χ1n) is 9.61. The lowest BCUT2D eigenvalue weighted by Crippen LogP contribution is -2.16. The van der Waals surface area contributed by atoms with Gasteiger partial charge in [-0.15, -0.1) is 0 Å². The van der Waals surface area contributed by atoms with E-state index in [1.54, 1.807) is 42.8 Å². The molecule has 3 aromatic heterocycles. The van der Waals surface area contributed by atoms with Crippen LogP contribution in [-0.4, -0.2) is 19.5 Å². The zero-order chi connectivity index (χ0) is 21.4. The van der Waals surface area contributed by atoms with Gasteiger partial charge in [-0.1, -0.05) is 12.1 Å². The molecule has 0 fully saturated rings. The summed E-state index contributed by atoms with van der Waals surface area (Å²) in [7, 11) is 0. The molecule has 2 aromatic carbocycles. The number of furan rings is 1. The molecule has 0 spiro atoms. The summed E-state index contributed by atoms with van der Waals surface area (Å²) in [6.45, 7) is 0.393. The Morgan fingerprint density at radius 1 is 1.10 bits per heavy atom. The Bertz CT molecular complexity index is 1410. The molecule has 0 amide bonds. The van der Waals surface area contributed by atoms with Gasteiger partial charge in [0.2, 0.25) is 0 Å². The fourth-order valence-corrected chi connectivity index (χ4v) is 3.87. The number of nitrogens with zero attached hydrogens (tertiary/aromatic N) is 3. The third-order valence-electron chi connectivity index (χ3n) is 5.06. The molecular formula is C23H17FN4O2S. The van der Waals surface area contributed by atoms with E-state index in [4.69, 9.17) is 17.0 Å². The van der Waals surface area contributed by atoms with Crippen molar-refractivity contribution in [1.82, 2.24) is 19.5 Å². The Balaban J connectivity index is 1.63. The first-order valence-corrected chi connectivity index (χ1v) is 10.1. The van der Waals surface area contributed by atoms with E-state index < -0.39 is 5.25 Å². The van der Waals surface area contributed by atoms with Gasteiger partial charge in [-0.3, -0.25) is 4.79 Å². The quantitative estimate of drug-likeness (QED) is 0.399. The molecule has 1 unspecified atom stereocenters. The summed E-state index contributed by atoms with van der Waals surface area (Å²) < 4.78 is 20.9. The van der Waals surface area contributed by atoms with Crippen LogP contribution in [0.25, 0.3) is 22.2 Å². The maximum Gasteiger partial charge on any atom is 0.258 e. The molecule has 0 saturated heterocycles. The average Bonchev–Trinajstić information content (AvgIpc) is 3.44. The van der Waals surface area contributed by atoms with Crippen LogP contribution in [0.1, 0.15) is 22.7 Å². The highest BCUT2D eigenvalue weighted by Gasteiger charge is 2.22. The number of H-pyrrole nitrogens is 1. The lowest BCUT2D eigenvalue weighted by molar-refractivity contribution is 0.490. The van der Waals surface area contributed by atoms with Crippen LogP contribution < -0.4 is 5.56 Å². The normalized spacial score (nSPS) is 12.3. The van der Waals surface area contributed by atoms with Crippen molar-refractivity contribution in [3.63, 3.8) is 0 Å². The largest absolute Gasteiger partial charge is 0.467 e. The highest BCUT2D eigenvalue weighted by molar-refractivity contribution is 7.80. The molecule has 0 saturated carbocycles. The zero-order valence-corrected chi connectivity index (χ0v) is 17.1. The van der Waals surface area contributed by atoms with E-state index in [1.165, 1.54) is 12.1 Å². The van der Waals surface area contributed by atoms with Crippen LogP contribution in [0.2, 0.25) is 0 Å². The zero-order valence-electron chi connectivity index (χ0n) is 16.2. The summed E-state index contributed by atoms with van der Waals surface area (Å²) in [6, 6.07) is 17.0. The van der Waals surface area contributed by atoms with Crippen LogP contribution in [-0.2, 0) is 6.54 Å². The third kappa shape index (κ3) is 3.66. The Morgan fingerprint density at radius 2 is 1.90 bits per heavy atom. The van der Waals surface area contributed by atoms with Crippen molar-refractivity contribution in [2.75, 3.05) is 0 Å². The molecule has 154 valence electrons. The Kier molecular flexibility index (Phi) is 4.91. The number of hydrogen-bond donors (Lipinski definition) is 2. The van der Waals surface area contributed by atoms with Crippen LogP contribution in [0.3, 0.4) is 0 Å². The minimum Gasteiger partial charge on any atom is -0.467 e. The first-order chi connectivity index (χ1) is 15.1. The molecule has 0 aliphatic heterocycles. The van der Waals surface area contributed by atoms with Gasteiger partial charge in [0.05, 0.1) is 35.6 Å². The standard InChI is InChI=1S/C23H17FN4O2S/c24-15-9-7-14(8-10-15)19-12-25-22(28(19)13-16-4-3-11-30-16)20(31)21-26-18-6-2-1-5-17(18)23(29)27-21/h1-12,20,31H,13H2,(H,26,27,29). The van der Waals surface area contributed by atoms with Gasteiger partial charge < -0.3 is 14.0 Å². The van der Waals surface area contributed by atoms with Crippen LogP contribution >= 0.6 is 12.6 Å². The van der Waals surface area contributed by atoms with Gasteiger partial charge in [0.1, 0.15) is 28.5 Å². The predicted octanol–water partition coefficient (Wildman–Crippen LogP) is 4.59. The average molecular weight is 432 g/mol. The van der Waals surface area contributed by atoms with E-state index in [0.717, 1.165) is 17.0 Å². The maximum absolute atomic E-state index is 13.4. The number of aromatic amines is 1. The molecule has 6 nitrogen and oxygen atoms in total. The number of hydrogen-bond acceptors (Lipinski definition) is 5. The number of rotatable bonds is 5. The fraction of sp³-hybridized carbons (Fsp3) is 0.0870. The highest BCUT2D eigenvalue weighted by atomic mass is 32.1. The Hall–Kier alpha value is -3.65. The monoisotopic (exact) mass is 432 g/mol. The number of imidazole rings is 1. The van der Waals surface area contributed by atoms with Crippen molar-refractivity contribution in [2.45, 2.75) is 11.8 Å². The summed E-state index contributed by atoms with van der Waals surface area (Å²) >= 11 is 4.74. The summed E-state index contributed by atoms with van der Waals surface area (Å²) in [6.07, 6.45) is 3.30. The topological polar surface area (TPSA) is 76.7 Å². The minimum absolute atomic E-state index is 0.234. The van der Waals surface area contributed by atoms with Gasteiger partial charge in [-0.25, -0.2) is 14.4 Å². The molecule has 0 bridgehead atoms. The molecule has 1 N–H and O–H groups in total. The second kappa shape index (κ2) is 7.88. The van der Waals surface area contributed by atoms with Crippen LogP contribution in [0, 0.1) is 5.82 Å². The van der Waals surface area contributed by atoms with Gasteiger partial charge in [0.25, 0.3) is 5.56 Å². The number of fused-ring (bicyclic) bond motifs is 1. The number of benzene rings is 2. The minimum atomic E-state index is -0.596. The number of nitrogens with one attached hydrogen (secondary N) is 1. The van der Waals surface area contributed by atoms with Crippen molar-refractivity contribution in [3.8, 4) is 11.3 Å². The molecule has 0 radical (unpaired) electrons. The number of para-hydroxylation sites is 1. The number of thiol groups is 1. The summed E-state index contributed by atoms with van der Waals surface area (Å²) in [5, 5.41) is -0.0841. The van der Waals surface area contributed by atoms with Crippen molar-refractivity contribution >= 4 is 23.5 Å². The van der Waals surface area contributed by atoms with Crippen LogP contribution in [0.15, 0.2) is 82.3 Å². The van der Waals surface area contributed by atoms with E-state index in [2.05, 4.69) is 15.0 Å². The van der Waals surface area contributed by atoms with Crippen LogP contribution in [0.5, 0.6) is 0 Å². The van der Waals surface area contributed by atoms with E-state index in [1.807, 2.05) is 22.8 Å². The molecule has 5 aromatic rings. The number of halogens is 1. The Morgan fingerprint density at radius 3 is 2.68 bits per heavy atom. The van der Waals surface area contributed by atoms with E-state index in [0.29, 0.717) is 29.1 Å². The number of aromatic nitrogens is 4. The van der Waals surface area contributed by atoms with Gasteiger partial charge in [-0.05, 0) is 54.1 Å². The lowest BCUT2D eigenvalue weighted by atomic mass is 10.1.